The highest BCUT2D eigenvalue weighted by molar-refractivity contribution is 5.89. The van der Waals surface area contributed by atoms with Gasteiger partial charge in [0.25, 0.3) is 0 Å². The summed E-state index contributed by atoms with van der Waals surface area (Å²) in [4.78, 5) is 22.8. The Hall–Kier alpha value is -1.84. The fourth-order valence-electron chi connectivity index (χ4n) is 2.62. The number of carbonyl (C=O) groups excluding carboxylic acids is 2. The third-order valence-electron chi connectivity index (χ3n) is 3.91. The predicted octanol–water partition coefficient (Wildman–Crippen LogP) is 3.06. The van der Waals surface area contributed by atoms with E-state index < -0.39 is 0 Å². The minimum Gasteiger partial charge on any atom is -0.462 e. The second-order valence-electron chi connectivity index (χ2n) is 5.71. The molecule has 1 aliphatic rings. The number of hydrogen-bond acceptors (Lipinski definition) is 3. The largest absolute Gasteiger partial charge is 0.462 e. The molecular formula is C17H23NO3. The van der Waals surface area contributed by atoms with Gasteiger partial charge < -0.3 is 10.1 Å². The zero-order valence-electron chi connectivity index (χ0n) is 12.6. The molecule has 0 aliphatic heterocycles. The third kappa shape index (κ3) is 5.21. The third-order valence-corrected chi connectivity index (χ3v) is 3.91. The van der Waals surface area contributed by atoms with Gasteiger partial charge in [-0.2, -0.15) is 0 Å². The first kappa shape index (κ1) is 15.5. The Kier molecular flexibility index (Phi) is 5.78. The van der Waals surface area contributed by atoms with Crippen LogP contribution in [0.15, 0.2) is 24.3 Å². The van der Waals surface area contributed by atoms with Crippen LogP contribution in [0.4, 0.5) is 0 Å². The van der Waals surface area contributed by atoms with Gasteiger partial charge in [0.15, 0.2) is 0 Å². The van der Waals surface area contributed by atoms with E-state index in [0.717, 1.165) is 5.56 Å². The van der Waals surface area contributed by atoms with Gasteiger partial charge >= 0.3 is 5.97 Å². The van der Waals surface area contributed by atoms with Crippen molar-refractivity contribution in [2.75, 3.05) is 6.61 Å². The van der Waals surface area contributed by atoms with Gasteiger partial charge in [-0.25, -0.2) is 4.79 Å². The summed E-state index contributed by atoms with van der Waals surface area (Å²) in [6, 6.07) is 7.18. The van der Waals surface area contributed by atoms with Gasteiger partial charge in [-0.1, -0.05) is 31.4 Å². The summed E-state index contributed by atoms with van der Waals surface area (Å²) in [6.45, 7) is 2.50. The highest BCUT2D eigenvalue weighted by atomic mass is 16.5. The lowest BCUT2D eigenvalue weighted by Gasteiger charge is -2.21. The molecule has 1 fully saturated rings. The summed E-state index contributed by atoms with van der Waals surface area (Å²) in [5.74, 6) is 0.208. The Morgan fingerprint density at radius 2 is 1.81 bits per heavy atom. The number of esters is 1. The summed E-state index contributed by atoms with van der Waals surface area (Å²) in [6.07, 6.45) is 6.15. The van der Waals surface area contributed by atoms with Crippen LogP contribution in [0.1, 0.15) is 54.9 Å². The van der Waals surface area contributed by atoms with Crippen molar-refractivity contribution in [3.05, 3.63) is 35.4 Å². The maximum absolute atomic E-state index is 12.0. The summed E-state index contributed by atoms with van der Waals surface area (Å²) in [7, 11) is 0. The average Bonchev–Trinajstić information content (AvgIpc) is 2.52. The summed E-state index contributed by atoms with van der Waals surface area (Å²) in [5.41, 5.74) is 1.53. The van der Waals surface area contributed by atoms with Crippen molar-refractivity contribution in [2.45, 2.75) is 45.6 Å². The van der Waals surface area contributed by atoms with Crippen LogP contribution < -0.4 is 5.32 Å². The summed E-state index contributed by atoms with van der Waals surface area (Å²) < 4.78 is 5.40. The highest BCUT2D eigenvalue weighted by Crippen LogP contribution is 2.24. The predicted molar refractivity (Wildman–Crippen MR) is 80.8 cm³/mol. The van der Waals surface area contributed by atoms with Crippen LogP contribution >= 0.6 is 0 Å². The topological polar surface area (TPSA) is 55.4 Å². The van der Waals surface area contributed by atoms with E-state index in [4.69, 9.17) is 4.74 Å². The number of amides is 1. The minimum absolute atomic E-state index is 0.0639. The number of carbonyl (C=O) groups is 2. The van der Waals surface area contributed by atoms with E-state index in [1.807, 2.05) is 12.1 Å². The molecule has 114 valence electrons. The first-order valence-corrected chi connectivity index (χ1v) is 7.65. The standard InChI is InChI=1S/C17H23NO3/c1-13(19)18-11-14-7-9-16(10-8-14)17(20)21-12-15-5-3-2-4-6-15/h7-10,15H,2-6,11-12H2,1H3,(H,18,19). The van der Waals surface area contributed by atoms with Crippen LogP contribution in [-0.4, -0.2) is 18.5 Å². The van der Waals surface area contributed by atoms with Crippen LogP contribution in [0.25, 0.3) is 0 Å². The van der Waals surface area contributed by atoms with Gasteiger partial charge in [-0.15, -0.1) is 0 Å². The van der Waals surface area contributed by atoms with Crippen molar-refractivity contribution in [1.29, 1.82) is 0 Å². The van der Waals surface area contributed by atoms with Crippen LogP contribution in [0, 0.1) is 5.92 Å². The number of hydrogen-bond donors (Lipinski definition) is 1. The Labute approximate surface area is 125 Å². The molecule has 1 N–H and O–H groups in total. The molecule has 0 bridgehead atoms. The second kappa shape index (κ2) is 7.81. The number of nitrogens with one attached hydrogen (secondary N) is 1. The van der Waals surface area contributed by atoms with Gasteiger partial charge in [-0.05, 0) is 36.5 Å². The van der Waals surface area contributed by atoms with E-state index in [2.05, 4.69) is 5.32 Å². The lowest BCUT2D eigenvalue weighted by molar-refractivity contribution is -0.119. The second-order valence-corrected chi connectivity index (χ2v) is 5.71. The van der Waals surface area contributed by atoms with E-state index in [1.54, 1.807) is 12.1 Å². The Morgan fingerprint density at radius 1 is 1.14 bits per heavy atom. The smallest absolute Gasteiger partial charge is 0.338 e. The van der Waals surface area contributed by atoms with E-state index >= 15 is 0 Å². The molecule has 0 atom stereocenters. The van der Waals surface area contributed by atoms with Crippen LogP contribution in [-0.2, 0) is 16.1 Å². The van der Waals surface area contributed by atoms with Crippen molar-refractivity contribution >= 4 is 11.9 Å². The Balaban J connectivity index is 1.80. The summed E-state index contributed by atoms with van der Waals surface area (Å²) >= 11 is 0. The maximum atomic E-state index is 12.0. The van der Waals surface area contributed by atoms with Crippen molar-refractivity contribution in [3.63, 3.8) is 0 Å². The van der Waals surface area contributed by atoms with Gasteiger partial charge in [-0.3, -0.25) is 4.79 Å². The van der Waals surface area contributed by atoms with Crippen molar-refractivity contribution in [1.82, 2.24) is 5.32 Å². The molecule has 1 aromatic carbocycles. The van der Waals surface area contributed by atoms with Crippen molar-refractivity contribution in [3.8, 4) is 0 Å². The molecule has 1 aliphatic carbocycles. The zero-order chi connectivity index (χ0) is 15.1. The molecule has 0 heterocycles. The number of ether oxygens (including phenoxy) is 1. The highest BCUT2D eigenvalue weighted by Gasteiger charge is 2.16. The molecule has 21 heavy (non-hydrogen) atoms. The maximum Gasteiger partial charge on any atom is 0.338 e. The van der Waals surface area contributed by atoms with Crippen LogP contribution in [0.3, 0.4) is 0 Å². The Morgan fingerprint density at radius 3 is 2.43 bits per heavy atom. The molecule has 4 nitrogen and oxygen atoms in total. The first-order chi connectivity index (χ1) is 10.1. The summed E-state index contributed by atoms with van der Waals surface area (Å²) in [5, 5.41) is 2.72. The first-order valence-electron chi connectivity index (χ1n) is 7.65. The fraction of sp³-hybridized carbons (Fsp3) is 0.529. The lowest BCUT2D eigenvalue weighted by Crippen LogP contribution is -2.19. The molecule has 0 unspecified atom stereocenters. The molecule has 1 saturated carbocycles. The van der Waals surface area contributed by atoms with Gasteiger partial charge in [0.1, 0.15) is 0 Å². The molecule has 1 amide bonds. The van der Waals surface area contributed by atoms with E-state index in [9.17, 15) is 9.59 Å². The van der Waals surface area contributed by atoms with E-state index in [-0.39, 0.29) is 11.9 Å². The molecular weight excluding hydrogens is 266 g/mol. The molecule has 0 saturated heterocycles. The minimum atomic E-state index is -0.258. The van der Waals surface area contributed by atoms with Crippen molar-refractivity contribution in [2.24, 2.45) is 5.92 Å². The van der Waals surface area contributed by atoms with Crippen molar-refractivity contribution < 1.29 is 14.3 Å². The van der Waals surface area contributed by atoms with E-state index in [0.29, 0.717) is 24.6 Å². The molecule has 0 aromatic heterocycles. The quantitative estimate of drug-likeness (QED) is 0.848. The molecule has 1 aromatic rings. The number of rotatable bonds is 5. The number of benzene rings is 1. The monoisotopic (exact) mass is 289 g/mol. The fourth-order valence-corrected chi connectivity index (χ4v) is 2.62. The molecule has 4 heteroatoms. The molecule has 0 spiro atoms. The van der Waals surface area contributed by atoms with E-state index in [1.165, 1.54) is 39.0 Å². The van der Waals surface area contributed by atoms with Gasteiger partial charge in [0.05, 0.1) is 12.2 Å². The lowest BCUT2D eigenvalue weighted by atomic mass is 9.90. The Bertz CT molecular complexity index is 475. The van der Waals surface area contributed by atoms with Gasteiger partial charge in [0, 0.05) is 13.5 Å². The normalized spacial score (nSPS) is 15.5. The van der Waals surface area contributed by atoms with Crippen LogP contribution in [0.5, 0.6) is 0 Å². The SMILES string of the molecule is CC(=O)NCc1ccc(C(=O)OCC2CCCCC2)cc1. The average molecular weight is 289 g/mol. The molecule has 0 radical (unpaired) electrons. The van der Waals surface area contributed by atoms with Crippen LogP contribution in [0.2, 0.25) is 0 Å². The molecule has 2 rings (SSSR count). The van der Waals surface area contributed by atoms with Gasteiger partial charge in [0.2, 0.25) is 5.91 Å². The zero-order valence-corrected chi connectivity index (χ0v) is 12.6.